The molecule has 0 radical (unpaired) electrons. The number of benzene rings is 2. The molecule has 1 aliphatic heterocycles. The van der Waals surface area contributed by atoms with E-state index < -0.39 is 0 Å². The highest BCUT2D eigenvalue weighted by molar-refractivity contribution is 5.94. The number of imidazole rings is 1. The minimum absolute atomic E-state index is 0.342. The Labute approximate surface area is 185 Å². The van der Waals surface area contributed by atoms with Crippen molar-refractivity contribution in [3.8, 4) is 22.4 Å². The van der Waals surface area contributed by atoms with Gasteiger partial charge in [-0.05, 0) is 47.5 Å². The quantitative estimate of drug-likeness (QED) is 0.454. The molecule has 1 saturated heterocycles. The molecule has 0 aliphatic carbocycles. The molecule has 1 N–H and O–H groups in total. The summed E-state index contributed by atoms with van der Waals surface area (Å²) in [6.07, 6.45) is 5.12. The summed E-state index contributed by atoms with van der Waals surface area (Å²) in [6, 6.07) is 20.3. The first kappa shape index (κ1) is 19.0. The lowest BCUT2D eigenvalue weighted by Crippen LogP contribution is -2.43. The van der Waals surface area contributed by atoms with Crippen LogP contribution < -0.4 is 10.2 Å². The van der Waals surface area contributed by atoms with Crippen LogP contribution in [0, 0.1) is 5.82 Å². The molecule has 1 fully saturated rings. The first-order chi connectivity index (χ1) is 15.8. The van der Waals surface area contributed by atoms with E-state index in [2.05, 4.69) is 56.6 Å². The van der Waals surface area contributed by atoms with Gasteiger partial charge in [-0.15, -0.1) is 0 Å². The Kier molecular flexibility index (Phi) is 4.58. The average Bonchev–Trinajstić information content (AvgIpc) is 3.27. The van der Waals surface area contributed by atoms with Crippen LogP contribution in [0.5, 0.6) is 0 Å². The smallest absolute Gasteiger partial charge is 0.142 e. The fourth-order valence-corrected chi connectivity index (χ4v) is 4.49. The summed E-state index contributed by atoms with van der Waals surface area (Å²) < 4.78 is 15.9. The van der Waals surface area contributed by atoms with Gasteiger partial charge in [-0.1, -0.05) is 24.3 Å². The summed E-state index contributed by atoms with van der Waals surface area (Å²) in [5.74, 6) is -0.342. The summed E-state index contributed by atoms with van der Waals surface area (Å²) in [6.45, 7) is 4.13. The third-order valence-electron chi connectivity index (χ3n) is 6.16. The van der Waals surface area contributed by atoms with Crippen molar-refractivity contribution < 1.29 is 4.39 Å². The maximum absolute atomic E-state index is 13.9. The molecule has 2 aromatic carbocycles. The predicted octanol–water partition coefficient (Wildman–Crippen LogP) is 4.77. The van der Waals surface area contributed by atoms with E-state index in [9.17, 15) is 4.39 Å². The van der Waals surface area contributed by atoms with Gasteiger partial charge in [-0.3, -0.25) is 9.38 Å². The highest BCUT2D eigenvalue weighted by Gasteiger charge is 2.13. The second kappa shape index (κ2) is 7.73. The standard InChI is InChI=1S/C26H22FN5/c27-20-15-23-22(2-1-3-24(23)29-16-20)25-17-30-26-14-19(8-11-32(25)26)18-4-6-21(7-5-18)31-12-9-28-10-13-31/h1-8,11,14-17,28H,9-10,12-13H2. The van der Waals surface area contributed by atoms with E-state index in [0.29, 0.717) is 0 Å². The molecule has 4 heterocycles. The van der Waals surface area contributed by atoms with Gasteiger partial charge >= 0.3 is 0 Å². The van der Waals surface area contributed by atoms with E-state index in [1.807, 2.05) is 35.0 Å². The van der Waals surface area contributed by atoms with Crippen molar-refractivity contribution >= 4 is 22.2 Å². The molecule has 158 valence electrons. The molecule has 0 amide bonds. The highest BCUT2D eigenvalue weighted by atomic mass is 19.1. The number of hydrogen-bond donors (Lipinski definition) is 1. The minimum atomic E-state index is -0.342. The molecular formula is C26H22FN5. The van der Waals surface area contributed by atoms with Gasteiger partial charge in [0.05, 0.1) is 23.6 Å². The Morgan fingerprint density at radius 1 is 0.844 bits per heavy atom. The molecule has 6 heteroatoms. The van der Waals surface area contributed by atoms with E-state index in [4.69, 9.17) is 0 Å². The van der Waals surface area contributed by atoms with Gasteiger partial charge in [0, 0.05) is 49.0 Å². The first-order valence-electron chi connectivity index (χ1n) is 10.8. The van der Waals surface area contributed by atoms with Crippen LogP contribution in [0.1, 0.15) is 0 Å². The van der Waals surface area contributed by atoms with Crippen LogP contribution in [0.15, 0.2) is 79.3 Å². The fraction of sp³-hybridized carbons (Fsp3) is 0.154. The number of nitrogens with one attached hydrogen (secondary N) is 1. The van der Waals surface area contributed by atoms with Crippen molar-refractivity contribution in [3.63, 3.8) is 0 Å². The predicted molar refractivity (Wildman–Crippen MR) is 126 cm³/mol. The number of nitrogens with zero attached hydrogens (tertiary/aromatic N) is 4. The topological polar surface area (TPSA) is 45.5 Å². The monoisotopic (exact) mass is 423 g/mol. The van der Waals surface area contributed by atoms with Crippen molar-refractivity contribution in [1.29, 1.82) is 0 Å². The first-order valence-corrected chi connectivity index (χ1v) is 10.8. The van der Waals surface area contributed by atoms with Crippen molar-refractivity contribution in [2.24, 2.45) is 0 Å². The van der Waals surface area contributed by atoms with Crippen LogP contribution in [-0.2, 0) is 0 Å². The minimum Gasteiger partial charge on any atom is -0.369 e. The lowest BCUT2D eigenvalue weighted by Gasteiger charge is -2.29. The van der Waals surface area contributed by atoms with Gasteiger partial charge in [-0.2, -0.15) is 0 Å². The largest absolute Gasteiger partial charge is 0.369 e. The lowest BCUT2D eigenvalue weighted by atomic mass is 10.1. The molecule has 0 spiro atoms. The zero-order chi connectivity index (χ0) is 21.5. The van der Waals surface area contributed by atoms with Crippen LogP contribution >= 0.6 is 0 Å². The van der Waals surface area contributed by atoms with Crippen LogP contribution in [0.2, 0.25) is 0 Å². The zero-order valence-corrected chi connectivity index (χ0v) is 17.5. The van der Waals surface area contributed by atoms with Gasteiger partial charge in [0.2, 0.25) is 0 Å². The number of fused-ring (bicyclic) bond motifs is 2. The van der Waals surface area contributed by atoms with Crippen molar-refractivity contribution in [2.75, 3.05) is 31.1 Å². The number of aromatic nitrogens is 3. The number of halogens is 1. The van der Waals surface area contributed by atoms with Gasteiger partial charge in [-0.25, -0.2) is 9.37 Å². The molecule has 32 heavy (non-hydrogen) atoms. The number of pyridine rings is 2. The Morgan fingerprint density at radius 3 is 2.53 bits per heavy atom. The van der Waals surface area contributed by atoms with Gasteiger partial charge in [0.1, 0.15) is 11.5 Å². The molecular weight excluding hydrogens is 401 g/mol. The number of piperazine rings is 1. The average molecular weight is 423 g/mol. The van der Waals surface area contributed by atoms with Crippen molar-refractivity contribution in [2.45, 2.75) is 0 Å². The van der Waals surface area contributed by atoms with Crippen LogP contribution in [0.25, 0.3) is 38.9 Å². The molecule has 1 aliphatic rings. The van der Waals surface area contributed by atoms with Crippen LogP contribution in [0.3, 0.4) is 0 Å². The molecule has 0 unspecified atom stereocenters. The normalized spacial score (nSPS) is 14.3. The third kappa shape index (κ3) is 3.29. The van der Waals surface area contributed by atoms with Gasteiger partial charge in [0.25, 0.3) is 0 Å². The van der Waals surface area contributed by atoms with E-state index in [-0.39, 0.29) is 5.82 Å². The van der Waals surface area contributed by atoms with Crippen molar-refractivity contribution in [1.82, 2.24) is 19.7 Å². The second-order valence-corrected chi connectivity index (χ2v) is 8.10. The second-order valence-electron chi connectivity index (χ2n) is 8.10. The number of rotatable bonds is 3. The molecule has 3 aromatic heterocycles. The molecule has 5 nitrogen and oxygen atoms in total. The van der Waals surface area contributed by atoms with Crippen LogP contribution in [0.4, 0.5) is 10.1 Å². The van der Waals surface area contributed by atoms with E-state index in [1.165, 1.54) is 18.0 Å². The fourth-order valence-electron chi connectivity index (χ4n) is 4.49. The molecule has 5 aromatic rings. The Hall–Kier alpha value is -3.77. The Balaban J connectivity index is 1.36. The summed E-state index contributed by atoms with van der Waals surface area (Å²) in [5, 5.41) is 4.17. The summed E-state index contributed by atoms with van der Waals surface area (Å²) in [7, 11) is 0. The SMILES string of the molecule is Fc1cnc2cccc(-c3cnc4cc(-c5ccc(N6CCNCC6)cc5)ccn34)c2c1. The van der Waals surface area contributed by atoms with E-state index in [1.54, 1.807) is 0 Å². The molecule has 0 atom stereocenters. The number of anilines is 1. The molecule has 6 rings (SSSR count). The lowest BCUT2D eigenvalue weighted by molar-refractivity contribution is 0.589. The molecule has 0 bridgehead atoms. The maximum atomic E-state index is 13.9. The summed E-state index contributed by atoms with van der Waals surface area (Å²) >= 11 is 0. The van der Waals surface area contributed by atoms with Crippen LogP contribution in [-0.4, -0.2) is 40.5 Å². The van der Waals surface area contributed by atoms with E-state index in [0.717, 1.165) is 65.1 Å². The van der Waals surface area contributed by atoms with E-state index >= 15 is 0 Å². The van der Waals surface area contributed by atoms with Gasteiger partial charge < -0.3 is 10.2 Å². The molecule has 0 saturated carbocycles. The summed E-state index contributed by atoms with van der Waals surface area (Å²) in [4.78, 5) is 11.3. The zero-order valence-electron chi connectivity index (χ0n) is 17.5. The third-order valence-corrected chi connectivity index (χ3v) is 6.16. The Morgan fingerprint density at radius 2 is 1.69 bits per heavy atom. The summed E-state index contributed by atoms with van der Waals surface area (Å²) in [5.41, 5.74) is 6.98. The Bertz CT molecular complexity index is 1420. The maximum Gasteiger partial charge on any atom is 0.142 e. The van der Waals surface area contributed by atoms with Gasteiger partial charge in [0.15, 0.2) is 0 Å². The number of hydrogen-bond acceptors (Lipinski definition) is 4. The van der Waals surface area contributed by atoms with Crippen molar-refractivity contribution in [3.05, 3.63) is 85.1 Å². The highest BCUT2D eigenvalue weighted by Crippen LogP contribution is 2.30.